The molecule has 2 N–H and O–H groups in total. The highest BCUT2D eigenvalue weighted by Gasteiger charge is 2.32. The van der Waals surface area contributed by atoms with E-state index in [1.807, 2.05) is 0 Å². The van der Waals surface area contributed by atoms with Crippen molar-refractivity contribution in [2.24, 2.45) is 0 Å². The van der Waals surface area contributed by atoms with E-state index in [1.54, 1.807) is 6.07 Å². The van der Waals surface area contributed by atoms with Crippen molar-refractivity contribution in [3.8, 4) is 0 Å². The summed E-state index contributed by atoms with van der Waals surface area (Å²) >= 11 is 0. The molecule has 1 unspecified atom stereocenters. The first kappa shape index (κ1) is 13.4. The van der Waals surface area contributed by atoms with Crippen LogP contribution in [0, 0.1) is 11.6 Å². The van der Waals surface area contributed by atoms with Crippen molar-refractivity contribution >= 4 is 0 Å². The summed E-state index contributed by atoms with van der Waals surface area (Å²) in [4.78, 5) is 0. The Hall–Kier alpha value is -1.00. The molecule has 0 radical (unpaired) electrons. The summed E-state index contributed by atoms with van der Waals surface area (Å²) < 4.78 is 26.4. The fourth-order valence-electron chi connectivity index (χ4n) is 2.77. The maximum Gasteiger partial charge on any atom is 0.159 e. The van der Waals surface area contributed by atoms with Crippen LogP contribution in [-0.4, -0.2) is 24.8 Å². The van der Waals surface area contributed by atoms with Gasteiger partial charge in [0, 0.05) is 18.6 Å². The lowest BCUT2D eigenvalue weighted by Gasteiger charge is -2.33. The second-order valence-electron chi connectivity index (χ2n) is 5.02. The van der Waals surface area contributed by atoms with Crippen molar-refractivity contribution in [3.05, 3.63) is 35.4 Å². The lowest BCUT2D eigenvalue weighted by molar-refractivity contribution is 0.227. The average Bonchev–Trinajstić information content (AvgIpc) is 2.60. The Labute approximate surface area is 106 Å². The second kappa shape index (κ2) is 5.76. The molecule has 4 heteroatoms. The van der Waals surface area contributed by atoms with Crippen LogP contribution in [0.5, 0.6) is 0 Å². The van der Waals surface area contributed by atoms with Crippen LogP contribution in [0.25, 0.3) is 0 Å². The van der Waals surface area contributed by atoms with Crippen LogP contribution in [0.3, 0.4) is 0 Å². The minimum absolute atomic E-state index is 0.0562. The molecule has 0 aliphatic carbocycles. The van der Waals surface area contributed by atoms with Gasteiger partial charge in [0.1, 0.15) is 0 Å². The van der Waals surface area contributed by atoms with Gasteiger partial charge in [-0.25, -0.2) is 8.78 Å². The zero-order valence-corrected chi connectivity index (χ0v) is 10.4. The number of hydrogen-bond acceptors (Lipinski definition) is 2. The molecule has 1 aliphatic rings. The highest BCUT2D eigenvalue weighted by atomic mass is 19.2. The molecule has 0 bridgehead atoms. The van der Waals surface area contributed by atoms with E-state index in [2.05, 4.69) is 5.32 Å². The van der Waals surface area contributed by atoms with E-state index in [4.69, 9.17) is 0 Å². The van der Waals surface area contributed by atoms with E-state index in [1.165, 1.54) is 12.1 Å². The Kier molecular flexibility index (Phi) is 4.30. The van der Waals surface area contributed by atoms with Gasteiger partial charge >= 0.3 is 0 Å². The summed E-state index contributed by atoms with van der Waals surface area (Å²) in [5.74, 6) is -1.63. The van der Waals surface area contributed by atoms with Crippen LogP contribution in [0.2, 0.25) is 0 Å². The predicted octanol–water partition coefficient (Wildman–Crippen LogP) is 2.36. The Balaban J connectivity index is 2.35. The van der Waals surface area contributed by atoms with Gasteiger partial charge in [-0.05, 0) is 43.5 Å². The smallest absolute Gasteiger partial charge is 0.159 e. The predicted molar refractivity (Wildman–Crippen MR) is 66.5 cm³/mol. The number of rotatable bonds is 3. The highest BCUT2D eigenvalue weighted by molar-refractivity contribution is 5.28. The van der Waals surface area contributed by atoms with Crippen LogP contribution in [0.1, 0.15) is 31.2 Å². The van der Waals surface area contributed by atoms with Gasteiger partial charge in [0.2, 0.25) is 0 Å². The topological polar surface area (TPSA) is 32.3 Å². The lowest BCUT2D eigenvalue weighted by atomic mass is 9.74. The average molecular weight is 255 g/mol. The van der Waals surface area contributed by atoms with Gasteiger partial charge in [-0.1, -0.05) is 12.5 Å². The summed E-state index contributed by atoms with van der Waals surface area (Å²) in [7, 11) is 0. The van der Waals surface area contributed by atoms with Gasteiger partial charge in [0.25, 0.3) is 0 Å². The van der Waals surface area contributed by atoms with Crippen molar-refractivity contribution in [2.75, 3.05) is 19.7 Å². The van der Waals surface area contributed by atoms with Crippen LogP contribution in [0.4, 0.5) is 8.78 Å². The van der Waals surface area contributed by atoms with Crippen LogP contribution in [0.15, 0.2) is 18.2 Å². The summed E-state index contributed by atoms with van der Waals surface area (Å²) in [6.45, 7) is 1.70. The molecule has 1 atom stereocenters. The molecule has 1 fully saturated rings. The third kappa shape index (κ3) is 2.70. The first-order valence-corrected chi connectivity index (χ1v) is 6.45. The molecule has 1 aromatic rings. The molecule has 18 heavy (non-hydrogen) atoms. The molecule has 0 saturated carbocycles. The standard InChI is InChI=1S/C14H19F2NO/c15-12-4-3-11(9-13(12)16)14(6-8-18)5-1-2-7-17-10-14/h3-4,9,17-18H,1-2,5-8,10H2. The van der Waals surface area contributed by atoms with Gasteiger partial charge in [-0.15, -0.1) is 0 Å². The third-order valence-electron chi connectivity index (χ3n) is 3.84. The third-order valence-corrected chi connectivity index (χ3v) is 3.84. The van der Waals surface area contributed by atoms with Gasteiger partial charge in [-0.3, -0.25) is 0 Å². The van der Waals surface area contributed by atoms with Crippen LogP contribution in [-0.2, 0) is 5.41 Å². The van der Waals surface area contributed by atoms with Crippen molar-refractivity contribution < 1.29 is 13.9 Å². The maximum atomic E-state index is 13.4. The minimum Gasteiger partial charge on any atom is -0.396 e. The maximum absolute atomic E-state index is 13.4. The van der Waals surface area contributed by atoms with Crippen LogP contribution < -0.4 is 5.32 Å². The molecular formula is C14H19F2NO. The fraction of sp³-hybridized carbons (Fsp3) is 0.571. The first-order chi connectivity index (χ1) is 8.68. The van der Waals surface area contributed by atoms with E-state index in [0.717, 1.165) is 31.4 Å². The number of halogens is 2. The lowest BCUT2D eigenvalue weighted by Crippen LogP contribution is -2.37. The molecule has 2 rings (SSSR count). The Morgan fingerprint density at radius 2 is 2.06 bits per heavy atom. The van der Waals surface area contributed by atoms with E-state index < -0.39 is 11.6 Å². The molecule has 100 valence electrons. The number of aliphatic hydroxyl groups is 1. The quantitative estimate of drug-likeness (QED) is 0.869. The van der Waals surface area contributed by atoms with E-state index in [-0.39, 0.29) is 12.0 Å². The molecule has 1 saturated heterocycles. The van der Waals surface area contributed by atoms with E-state index >= 15 is 0 Å². The number of aliphatic hydroxyl groups excluding tert-OH is 1. The van der Waals surface area contributed by atoms with Gasteiger partial charge in [-0.2, -0.15) is 0 Å². The van der Waals surface area contributed by atoms with Gasteiger partial charge in [0.05, 0.1) is 0 Å². The molecular weight excluding hydrogens is 236 g/mol. The number of nitrogens with one attached hydrogen (secondary N) is 1. The second-order valence-corrected chi connectivity index (χ2v) is 5.02. The van der Waals surface area contributed by atoms with Crippen molar-refractivity contribution in [2.45, 2.75) is 31.1 Å². The van der Waals surface area contributed by atoms with E-state index in [9.17, 15) is 13.9 Å². The zero-order valence-electron chi connectivity index (χ0n) is 10.4. The summed E-state index contributed by atoms with van der Waals surface area (Å²) in [5.41, 5.74) is 0.504. The van der Waals surface area contributed by atoms with Crippen molar-refractivity contribution in [1.29, 1.82) is 0 Å². The molecule has 0 spiro atoms. The Bertz CT molecular complexity index is 401. The molecule has 1 aliphatic heterocycles. The largest absolute Gasteiger partial charge is 0.396 e. The summed E-state index contributed by atoms with van der Waals surface area (Å²) in [5, 5.41) is 12.6. The number of benzene rings is 1. The van der Waals surface area contributed by atoms with Crippen molar-refractivity contribution in [1.82, 2.24) is 5.32 Å². The Morgan fingerprint density at radius 3 is 2.78 bits per heavy atom. The Morgan fingerprint density at radius 1 is 1.22 bits per heavy atom. The highest BCUT2D eigenvalue weighted by Crippen LogP contribution is 2.35. The molecule has 1 aromatic carbocycles. The monoisotopic (exact) mass is 255 g/mol. The first-order valence-electron chi connectivity index (χ1n) is 6.45. The van der Waals surface area contributed by atoms with Crippen LogP contribution >= 0.6 is 0 Å². The van der Waals surface area contributed by atoms with E-state index in [0.29, 0.717) is 13.0 Å². The van der Waals surface area contributed by atoms with Crippen molar-refractivity contribution in [3.63, 3.8) is 0 Å². The zero-order chi connectivity index (χ0) is 13.0. The molecule has 1 heterocycles. The minimum atomic E-state index is -0.820. The molecule has 0 aromatic heterocycles. The normalized spacial score (nSPS) is 24.8. The number of hydrogen-bond donors (Lipinski definition) is 2. The summed E-state index contributed by atoms with van der Waals surface area (Å²) in [6, 6.07) is 4.09. The van der Waals surface area contributed by atoms with Gasteiger partial charge in [0.15, 0.2) is 11.6 Å². The summed E-state index contributed by atoms with van der Waals surface area (Å²) in [6.07, 6.45) is 3.58. The molecule has 0 amide bonds. The SMILES string of the molecule is OCCC1(c2ccc(F)c(F)c2)CCCCNC1. The molecule has 2 nitrogen and oxygen atoms in total. The fourth-order valence-corrected chi connectivity index (χ4v) is 2.77. The van der Waals surface area contributed by atoms with Gasteiger partial charge < -0.3 is 10.4 Å².